The zero-order valence-corrected chi connectivity index (χ0v) is 16.8. The van der Waals surface area contributed by atoms with Gasteiger partial charge < -0.3 is 14.8 Å². The molecule has 0 spiro atoms. The number of fused-ring (bicyclic) bond motifs is 1. The third-order valence-electron chi connectivity index (χ3n) is 5.26. The van der Waals surface area contributed by atoms with Gasteiger partial charge in [0.1, 0.15) is 0 Å². The molecule has 3 rings (SSSR count). The minimum absolute atomic E-state index is 0.0860. The van der Waals surface area contributed by atoms with E-state index in [2.05, 4.69) is 48.3 Å². The van der Waals surface area contributed by atoms with Crippen LogP contribution in [0, 0.1) is 0 Å². The standard InChI is InChI=1S/C23H30N2O3/c1-3-25(4-2)20(14-18-8-6-5-7-9-18)16-24-23(26)13-11-19-10-12-21-22(15-19)28-17-27-21/h5-10,12,15,20H,3-4,11,13-14,16-17H2,1-2H3,(H,24,26)/t20-/m0/s1. The smallest absolute Gasteiger partial charge is 0.231 e. The zero-order valence-electron chi connectivity index (χ0n) is 16.8. The fourth-order valence-corrected chi connectivity index (χ4v) is 3.63. The lowest BCUT2D eigenvalue weighted by atomic mass is 10.0. The van der Waals surface area contributed by atoms with E-state index in [1.54, 1.807) is 0 Å². The third kappa shape index (κ3) is 5.49. The molecule has 0 aromatic heterocycles. The summed E-state index contributed by atoms with van der Waals surface area (Å²) in [4.78, 5) is 14.8. The van der Waals surface area contributed by atoms with Gasteiger partial charge in [0.2, 0.25) is 12.7 Å². The van der Waals surface area contributed by atoms with Crippen LogP contribution < -0.4 is 14.8 Å². The summed E-state index contributed by atoms with van der Waals surface area (Å²) in [5.41, 5.74) is 2.39. The number of carbonyl (C=O) groups is 1. The van der Waals surface area contributed by atoms with E-state index in [0.29, 0.717) is 25.4 Å². The molecule has 1 amide bonds. The molecule has 1 aliphatic rings. The number of rotatable bonds is 10. The van der Waals surface area contributed by atoms with Gasteiger partial charge in [-0.25, -0.2) is 0 Å². The maximum Gasteiger partial charge on any atom is 0.231 e. The Morgan fingerprint density at radius 1 is 1.04 bits per heavy atom. The monoisotopic (exact) mass is 382 g/mol. The lowest BCUT2D eigenvalue weighted by Crippen LogP contribution is -2.45. The summed E-state index contributed by atoms with van der Waals surface area (Å²) in [5, 5.41) is 3.14. The van der Waals surface area contributed by atoms with Gasteiger partial charge in [-0.15, -0.1) is 0 Å². The van der Waals surface area contributed by atoms with E-state index in [-0.39, 0.29) is 12.7 Å². The summed E-state index contributed by atoms with van der Waals surface area (Å²) < 4.78 is 10.7. The summed E-state index contributed by atoms with van der Waals surface area (Å²) in [5.74, 6) is 1.63. The molecule has 2 aromatic rings. The molecule has 1 aliphatic heterocycles. The fourth-order valence-electron chi connectivity index (χ4n) is 3.63. The van der Waals surface area contributed by atoms with Gasteiger partial charge in [-0.2, -0.15) is 0 Å². The summed E-state index contributed by atoms with van der Waals surface area (Å²) in [6.07, 6.45) is 2.10. The number of amides is 1. The maximum atomic E-state index is 12.4. The van der Waals surface area contributed by atoms with E-state index in [0.717, 1.165) is 36.6 Å². The Bertz CT molecular complexity index is 760. The van der Waals surface area contributed by atoms with Crippen LogP contribution in [0.3, 0.4) is 0 Å². The first-order valence-corrected chi connectivity index (χ1v) is 10.1. The molecule has 0 saturated carbocycles. The summed E-state index contributed by atoms with van der Waals surface area (Å²) in [6, 6.07) is 16.6. The van der Waals surface area contributed by atoms with Crippen LogP contribution in [0.4, 0.5) is 0 Å². The molecule has 5 heteroatoms. The average Bonchev–Trinajstić information content (AvgIpc) is 3.20. The van der Waals surface area contributed by atoms with Crippen molar-refractivity contribution >= 4 is 5.91 Å². The summed E-state index contributed by atoms with van der Waals surface area (Å²) in [6.45, 7) is 7.22. The molecule has 28 heavy (non-hydrogen) atoms. The highest BCUT2D eigenvalue weighted by Gasteiger charge is 2.18. The van der Waals surface area contributed by atoms with Crippen LogP contribution in [0.2, 0.25) is 0 Å². The molecular weight excluding hydrogens is 352 g/mol. The number of likely N-dealkylation sites (N-methyl/N-ethyl adjacent to an activating group) is 1. The van der Waals surface area contributed by atoms with E-state index < -0.39 is 0 Å². The Balaban J connectivity index is 1.51. The van der Waals surface area contributed by atoms with E-state index in [4.69, 9.17) is 9.47 Å². The molecule has 0 aliphatic carbocycles. The summed E-state index contributed by atoms with van der Waals surface area (Å²) >= 11 is 0. The minimum Gasteiger partial charge on any atom is -0.454 e. The molecule has 0 unspecified atom stereocenters. The zero-order chi connectivity index (χ0) is 19.8. The Kier molecular flexibility index (Phi) is 7.31. The van der Waals surface area contributed by atoms with E-state index >= 15 is 0 Å². The highest BCUT2D eigenvalue weighted by molar-refractivity contribution is 5.76. The Hall–Kier alpha value is -2.53. The van der Waals surface area contributed by atoms with E-state index in [1.165, 1.54) is 5.56 Å². The predicted octanol–water partition coefficient (Wildman–Crippen LogP) is 3.42. The van der Waals surface area contributed by atoms with E-state index in [9.17, 15) is 4.79 Å². The minimum atomic E-state index is 0.0860. The molecule has 150 valence electrons. The number of nitrogens with zero attached hydrogens (tertiary/aromatic N) is 1. The van der Waals surface area contributed by atoms with Crippen molar-refractivity contribution in [2.24, 2.45) is 0 Å². The van der Waals surface area contributed by atoms with Crippen molar-refractivity contribution in [1.29, 1.82) is 0 Å². The highest BCUT2D eigenvalue weighted by atomic mass is 16.7. The highest BCUT2D eigenvalue weighted by Crippen LogP contribution is 2.32. The Labute approximate surface area is 167 Å². The third-order valence-corrected chi connectivity index (χ3v) is 5.26. The number of aryl methyl sites for hydroxylation is 1. The van der Waals surface area contributed by atoms with Crippen LogP contribution in [-0.4, -0.2) is 43.3 Å². The number of nitrogens with one attached hydrogen (secondary N) is 1. The number of ether oxygens (including phenoxy) is 2. The van der Waals surface area contributed by atoms with Gasteiger partial charge in [0.15, 0.2) is 11.5 Å². The molecule has 0 fully saturated rings. The normalized spacial score (nSPS) is 13.5. The first-order valence-electron chi connectivity index (χ1n) is 10.1. The van der Waals surface area contributed by atoms with Crippen LogP contribution in [-0.2, 0) is 17.6 Å². The fraction of sp³-hybridized carbons (Fsp3) is 0.435. The van der Waals surface area contributed by atoms with Crippen molar-refractivity contribution in [1.82, 2.24) is 10.2 Å². The van der Waals surface area contributed by atoms with Crippen LogP contribution in [0.15, 0.2) is 48.5 Å². The molecule has 1 atom stereocenters. The van der Waals surface area contributed by atoms with Gasteiger partial charge in [-0.05, 0) is 49.2 Å². The lowest BCUT2D eigenvalue weighted by Gasteiger charge is -2.30. The van der Waals surface area contributed by atoms with Gasteiger partial charge >= 0.3 is 0 Å². The van der Waals surface area contributed by atoms with Crippen molar-refractivity contribution in [3.8, 4) is 11.5 Å². The number of carbonyl (C=O) groups excluding carboxylic acids is 1. The largest absolute Gasteiger partial charge is 0.454 e. The topological polar surface area (TPSA) is 50.8 Å². The average molecular weight is 383 g/mol. The number of hydrogen-bond acceptors (Lipinski definition) is 4. The summed E-state index contributed by atoms with van der Waals surface area (Å²) in [7, 11) is 0. The second kappa shape index (κ2) is 10.1. The maximum absolute atomic E-state index is 12.4. The van der Waals surface area contributed by atoms with Crippen molar-refractivity contribution in [2.45, 2.75) is 39.2 Å². The molecule has 0 bridgehead atoms. The van der Waals surface area contributed by atoms with Crippen LogP contribution in [0.5, 0.6) is 11.5 Å². The van der Waals surface area contributed by atoms with Gasteiger partial charge in [-0.3, -0.25) is 9.69 Å². The first-order chi connectivity index (χ1) is 13.7. The van der Waals surface area contributed by atoms with Crippen molar-refractivity contribution in [2.75, 3.05) is 26.4 Å². The first kappa shape index (κ1) is 20.2. The van der Waals surface area contributed by atoms with Crippen molar-refractivity contribution in [3.05, 3.63) is 59.7 Å². The predicted molar refractivity (Wildman–Crippen MR) is 111 cm³/mol. The second-order valence-corrected chi connectivity index (χ2v) is 7.06. The van der Waals surface area contributed by atoms with Crippen LogP contribution in [0.1, 0.15) is 31.4 Å². The molecule has 5 nitrogen and oxygen atoms in total. The Morgan fingerprint density at radius 2 is 1.79 bits per heavy atom. The van der Waals surface area contributed by atoms with Gasteiger partial charge in [0.25, 0.3) is 0 Å². The van der Waals surface area contributed by atoms with Gasteiger partial charge in [0, 0.05) is 19.0 Å². The van der Waals surface area contributed by atoms with Gasteiger partial charge in [0.05, 0.1) is 0 Å². The molecule has 0 radical (unpaired) electrons. The number of benzene rings is 2. The van der Waals surface area contributed by atoms with E-state index in [1.807, 2.05) is 24.3 Å². The Morgan fingerprint density at radius 3 is 2.54 bits per heavy atom. The lowest BCUT2D eigenvalue weighted by molar-refractivity contribution is -0.121. The quantitative estimate of drug-likeness (QED) is 0.684. The van der Waals surface area contributed by atoms with Crippen molar-refractivity contribution in [3.63, 3.8) is 0 Å². The molecule has 1 heterocycles. The van der Waals surface area contributed by atoms with Crippen LogP contribution >= 0.6 is 0 Å². The number of hydrogen-bond donors (Lipinski definition) is 1. The van der Waals surface area contributed by atoms with Crippen molar-refractivity contribution < 1.29 is 14.3 Å². The SMILES string of the molecule is CCN(CC)[C@H](CNC(=O)CCc1ccc2c(c1)OCO2)Cc1ccccc1. The molecule has 1 N–H and O–H groups in total. The molecule has 2 aromatic carbocycles. The second-order valence-electron chi connectivity index (χ2n) is 7.06. The molecular formula is C23H30N2O3. The van der Waals surface area contributed by atoms with Gasteiger partial charge in [-0.1, -0.05) is 50.2 Å². The van der Waals surface area contributed by atoms with Crippen LogP contribution in [0.25, 0.3) is 0 Å². The molecule has 0 saturated heterocycles.